The van der Waals surface area contributed by atoms with Crippen molar-refractivity contribution < 1.29 is 23.8 Å². The van der Waals surface area contributed by atoms with Gasteiger partial charge in [-0.3, -0.25) is 9.59 Å². The van der Waals surface area contributed by atoms with Crippen LogP contribution in [0.2, 0.25) is 0 Å². The number of hydrogen-bond acceptors (Lipinski definition) is 5. The van der Waals surface area contributed by atoms with Crippen LogP contribution in [0.1, 0.15) is 36.1 Å². The highest BCUT2D eigenvalue weighted by molar-refractivity contribution is 5.89. The number of ether oxygens (including phenoxy) is 3. The van der Waals surface area contributed by atoms with E-state index in [-0.39, 0.29) is 18.2 Å². The van der Waals surface area contributed by atoms with Crippen LogP contribution in [0.5, 0.6) is 11.5 Å². The fourth-order valence-corrected chi connectivity index (χ4v) is 4.11. The van der Waals surface area contributed by atoms with Crippen molar-refractivity contribution >= 4 is 11.8 Å². The summed E-state index contributed by atoms with van der Waals surface area (Å²) in [4.78, 5) is 29.1. The van der Waals surface area contributed by atoms with E-state index < -0.39 is 6.04 Å². The van der Waals surface area contributed by atoms with Crippen LogP contribution in [0.25, 0.3) is 0 Å². The molecule has 3 rings (SSSR count). The second-order valence-corrected chi connectivity index (χ2v) is 8.53. The lowest BCUT2D eigenvalue weighted by Gasteiger charge is -2.32. The summed E-state index contributed by atoms with van der Waals surface area (Å²) in [7, 11) is 3.13. The van der Waals surface area contributed by atoms with Crippen molar-refractivity contribution in [3.63, 3.8) is 0 Å². The third kappa shape index (κ3) is 8.08. The Morgan fingerprint density at radius 1 is 0.865 bits per heavy atom. The summed E-state index contributed by atoms with van der Waals surface area (Å²) in [6, 6.07) is 23.7. The smallest absolute Gasteiger partial charge is 0.247 e. The molecule has 0 spiro atoms. The fraction of sp³-hybridized carbons (Fsp3) is 0.333. The third-order valence-electron chi connectivity index (χ3n) is 5.96. The first-order chi connectivity index (χ1) is 18.1. The Balaban J connectivity index is 1.92. The van der Waals surface area contributed by atoms with Crippen molar-refractivity contribution in [2.24, 2.45) is 0 Å². The lowest BCUT2D eigenvalue weighted by Crippen LogP contribution is -2.44. The molecule has 0 fully saturated rings. The van der Waals surface area contributed by atoms with Crippen molar-refractivity contribution in [3.8, 4) is 11.5 Å². The quantitative estimate of drug-likeness (QED) is 0.326. The molecule has 2 amide bonds. The van der Waals surface area contributed by atoms with E-state index >= 15 is 0 Å². The zero-order chi connectivity index (χ0) is 26.5. The Kier molecular flexibility index (Phi) is 11.0. The van der Waals surface area contributed by atoms with Gasteiger partial charge in [-0.1, -0.05) is 66.7 Å². The molecule has 1 unspecified atom stereocenters. The first kappa shape index (κ1) is 27.7. The molecule has 1 N–H and O–H groups in total. The Morgan fingerprint density at radius 3 is 2.19 bits per heavy atom. The highest BCUT2D eigenvalue weighted by Gasteiger charge is 2.31. The average Bonchev–Trinajstić information content (AvgIpc) is 2.93. The maximum atomic E-state index is 13.9. The number of nitrogens with one attached hydrogen (secondary N) is 1. The van der Waals surface area contributed by atoms with E-state index in [1.54, 1.807) is 31.3 Å². The number of nitrogens with zero attached hydrogens (tertiary/aromatic N) is 1. The molecule has 37 heavy (non-hydrogen) atoms. The Morgan fingerprint density at radius 2 is 1.54 bits per heavy atom. The molecule has 0 aliphatic heterocycles. The van der Waals surface area contributed by atoms with Gasteiger partial charge in [0.1, 0.15) is 6.04 Å². The van der Waals surface area contributed by atoms with Gasteiger partial charge in [0, 0.05) is 26.3 Å². The van der Waals surface area contributed by atoms with Gasteiger partial charge in [-0.2, -0.15) is 0 Å². The Labute approximate surface area is 219 Å². The lowest BCUT2D eigenvalue weighted by atomic mass is 10.0. The van der Waals surface area contributed by atoms with Gasteiger partial charge in [0.25, 0.3) is 0 Å². The summed E-state index contributed by atoms with van der Waals surface area (Å²) in [6.45, 7) is 3.90. The van der Waals surface area contributed by atoms with Crippen molar-refractivity contribution in [3.05, 3.63) is 95.6 Å². The molecule has 0 aromatic heterocycles. The minimum atomic E-state index is -0.791. The van der Waals surface area contributed by atoms with E-state index in [1.807, 2.05) is 73.7 Å². The number of carbonyl (C=O) groups is 2. The number of amides is 2. The molecule has 0 radical (unpaired) electrons. The van der Waals surface area contributed by atoms with Gasteiger partial charge >= 0.3 is 0 Å². The van der Waals surface area contributed by atoms with Gasteiger partial charge in [0.15, 0.2) is 11.5 Å². The van der Waals surface area contributed by atoms with E-state index in [4.69, 9.17) is 14.2 Å². The third-order valence-corrected chi connectivity index (χ3v) is 5.96. The van der Waals surface area contributed by atoms with E-state index in [0.717, 1.165) is 16.7 Å². The van der Waals surface area contributed by atoms with Crippen molar-refractivity contribution in [1.82, 2.24) is 10.2 Å². The molecule has 7 nitrogen and oxygen atoms in total. The summed E-state index contributed by atoms with van der Waals surface area (Å²) < 4.78 is 16.1. The maximum Gasteiger partial charge on any atom is 0.247 e. The van der Waals surface area contributed by atoms with Gasteiger partial charge in [-0.15, -0.1) is 0 Å². The second-order valence-electron chi connectivity index (χ2n) is 8.53. The minimum Gasteiger partial charge on any atom is -0.493 e. The molecule has 196 valence electrons. The molecule has 0 saturated heterocycles. The minimum absolute atomic E-state index is 0.105. The van der Waals surface area contributed by atoms with E-state index in [1.165, 1.54) is 0 Å². The highest BCUT2D eigenvalue weighted by Crippen LogP contribution is 2.29. The highest BCUT2D eigenvalue weighted by atomic mass is 16.5. The zero-order valence-corrected chi connectivity index (χ0v) is 21.8. The second kappa shape index (κ2) is 14.7. The molecular weight excluding hydrogens is 468 g/mol. The molecule has 0 aliphatic rings. The van der Waals surface area contributed by atoms with Crippen molar-refractivity contribution in [2.75, 3.05) is 34.0 Å². The molecule has 0 saturated carbocycles. The number of hydrogen-bond donors (Lipinski definition) is 1. The molecule has 3 aromatic rings. The van der Waals surface area contributed by atoms with E-state index in [9.17, 15) is 9.59 Å². The molecule has 0 heterocycles. The van der Waals surface area contributed by atoms with Crippen LogP contribution < -0.4 is 14.8 Å². The number of methoxy groups -OCH3 is 2. The summed E-state index contributed by atoms with van der Waals surface area (Å²) in [5, 5.41) is 3.01. The average molecular weight is 505 g/mol. The van der Waals surface area contributed by atoms with Crippen molar-refractivity contribution in [1.29, 1.82) is 0 Å². The first-order valence-electron chi connectivity index (χ1n) is 12.5. The van der Waals surface area contributed by atoms with Crippen LogP contribution in [0.15, 0.2) is 78.9 Å². The van der Waals surface area contributed by atoms with Crippen LogP contribution in [-0.4, -0.2) is 50.7 Å². The molecule has 0 aliphatic carbocycles. The normalized spacial score (nSPS) is 11.4. The summed E-state index contributed by atoms with van der Waals surface area (Å²) >= 11 is 0. The molecule has 1 atom stereocenters. The monoisotopic (exact) mass is 504 g/mol. The zero-order valence-electron chi connectivity index (χ0n) is 21.8. The predicted molar refractivity (Wildman–Crippen MR) is 144 cm³/mol. The lowest BCUT2D eigenvalue weighted by molar-refractivity contribution is -0.141. The SMILES string of the molecule is CCOCCCNC(=O)C(c1ccccc1)N(Cc1ccccc1)C(=O)Cc1ccc(OC)c(OC)c1. The molecule has 7 heteroatoms. The molecular formula is C30H36N2O5. The molecule has 0 bridgehead atoms. The van der Waals surface area contributed by atoms with Crippen molar-refractivity contribution in [2.45, 2.75) is 32.4 Å². The van der Waals surface area contributed by atoms with Crippen LogP contribution >= 0.6 is 0 Å². The molecule has 3 aromatic carbocycles. The summed E-state index contributed by atoms with van der Waals surface area (Å²) in [5.74, 6) is 0.746. The van der Waals surface area contributed by atoms with E-state index in [2.05, 4.69) is 5.32 Å². The van der Waals surface area contributed by atoms with Gasteiger partial charge in [0.2, 0.25) is 11.8 Å². The van der Waals surface area contributed by atoms with Gasteiger partial charge < -0.3 is 24.4 Å². The van der Waals surface area contributed by atoms with Crippen LogP contribution in [0.3, 0.4) is 0 Å². The largest absolute Gasteiger partial charge is 0.493 e. The Hall–Kier alpha value is -3.84. The predicted octanol–water partition coefficient (Wildman–Crippen LogP) is 4.56. The van der Waals surface area contributed by atoms with Gasteiger partial charge in [-0.05, 0) is 42.2 Å². The summed E-state index contributed by atoms with van der Waals surface area (Å²) in [5.41, 5.74) is 2.46. The van der Waals surface area contributed by atoms with E-state index in [0.29, 0.717) is 44.2 Å². The standard InChI is InChI=1S/C30H36N2O5/c1-4-37-19-11-18-31-30(34)29(25-14-9-6-10-15-25)32(22-23-12-7-5-8-13-23)28(33)21-24-16-17-26(35-2)27(20-24)36-3/h5-10,12-17,20,29H,4,11,18-19,21-22H2,1-3H3,(H,31,34). The number of benzene rings is 3. The van der Waals surface area contributed by atoms with Gasteiger partial charge in [-0.25, -0.2) is 0 Å². The first-order valence-corrected chi connectivity index (χ1v) is 12.5. The van der Waals surface area contributed by atoms with Crippen LogP contribution in [0.4, 0.5) is 0 Å². The Bertz CT molecular complexity index is 1120. The number of rotatable bonds is 14. The summed E-state index contributed by atoms with van der Waals surface area (Å²) in [6.07, 6.45) is 0.799. The maximum absolute atomic E-state index is 13.9. The van der Waals surface area contributed by atoms with Crippen LogP contribution in [-0.2, 0) is 27.3 Å². The van der Waals surface area contributed by atoms with Gasteiger partial charge in [0.05, 0.1) is 20.6 Å². The van der Waals surface area contributed by atoms with Crippen LogP contribution in [0, 0.1) is 0 Å². The number of carbonyl (C=O) groups excluding carboxylic acids is 2. The topological polar surface area (TPSA) is 77.1 Å². The fourth-order valence-electron chi connectivity index (χ4n) is 4.11.